The average molecular weight is 397 g/mol. The lowest BCUT2D eigenvalue weighted by Crippen LogP contribution is -2.26. The van der Waals surface area contributed by atoms with Crippen LogP contribution in [0.25, 0.3) is 10.6 Å². The number of aromatic nitrogens is 1. The molecule has 3 aromatic rings. The van der Waals surface area contributed by atoms with Crippen molar-refractivity contribution in [2.45, 2.75) is 26.8 Å². The summed E-state index contributed by atoms with van der Waals surface area (Å²) in [7, 11) is 1.64. The highest BCUT2D eigenvalue weighted by atomic mass is 32.1. The highest BCUT2D eigenvalue weighted by Gasteiger charge is 2.18. The zero-order valence-corrected chi connectivity index (χ0v) is 17.3. The van der Waals surface area contributed by atoms with E-state index in [2.05, 4.69) is 10.3 Å². The minimum atomic E-state index is -0.117. The molecule has 0 spiro atoms. The normalized spacial score (nSPS) is 11.7. The number of ether oxygens (including phenoxy) is 2. The molecular formula is C22H24N2O3S. The largest absolute Gasteiger partial charge is 0.497 e. The van der Waals surface area contributed by atoms with Crippen LogP contribution in [-0.2, 0) is 0 Å². The third-order valence-electron chi connectivity index (χ3n) is 4.38. The number of nitrogens with one attached hydrogen (secondary N) is 1. The van der Waals surface area contributed by atoms with Crippen molar-refractivity contribution in [3.05, 3.63) is 64.7 Å². The number of hydrogen-bond acceptors (Lipinski definition) is 5. The quantitative estimate of drug-likeness (QED) is 0.609. The summed E-state index contributed by atoms with van der Waals surface area (Å²) in [6, 6.07) is 15.3. The third-order valence-corrected chi connectivity index (χ3v) is 5.58. The van der Waals surface area contributed by atoms with E-state index in [1.165, 1.54) is 11.3 Å². The van der Waals surface area contributed by atoms with Crippen molar-refractivity contribution in [1.82, 2.24) is 10.3 Å². The van der Waals surface area contributed by atoms with Crippen molar-refractivity contribution in [1.29, 1.82) is 0 Å². The van der Waals surface area contributed by atoms with Crippen LogP contribution in [0.2, 0.25) is 0 Å². The van der Waals surface area contributed by atoms with Gasteiger partial charge in [0.1, 0.15) is 21.4 Å². The molecule has 6 heteroatoms. The fourth-order valence-electron chi connectivity index (χ4n) is 2.83. The molecule has 1 N–H and O–H groups in total. The Labute approximate surface area is 169 Å². The number of carbonyl (C=O) groups excluding carboxylic acids is 1. The predicted molar refractivity (Wildman–Crippen MR) is 112 cm³/mol. The molecule has 1 unspecified atom stereocenters. The molecule has 0 aliphatic carbocycles. The van der Waals surface area contributed by atoms with Crippen molar-refractivity contribution in [3.8, 4) is 22.1 Å². The van der Waals surface area contributed by atoms with E-state index in [9.17, 15) is 4.79 Å². The van der Waals surface area contributed by atoms with Gasteiger partial charge in [0.05, 0.1) is 25.5 Å². The second kappa shape index (κ2) is 8.89. The smallest absolute Gasteiger partial charge is 0.263 e. The van der Waals surface area contributed by atoms with E-state index in [0.29, 0.717) is 11.5 Å². The van der Waals surface area contributed by atoms with E-state index in [4.69, 9.17) is 9.47 Å². The van der Waals surface area contributed by atoms with Gasteiger partial charge in [0.15, 0.2) is 0 Å². The summed E-state index contributed by atoms with van der Waals surface area (Å²) in [6.07, 6.45) is 0. The maximum absolute atomic E-state index is 12.8. The number of rotatable bonds is 7. The van der Waals surface area contributed by atoms with Crippen molar-refractivity contribution < 1.29 is 14.3 Å². The highest BCUT2D eigenvalue weighted by molar-refractivity contribution is 7.17. The summed E-state index contributed by atoms with van der Waals surface area (Å²) >= 11 is 1.40. The molecule has 1 amide bonds. The number of methoxy groups -OCH3 is 1. The van der Waals surface area contributed by atoms with E-state index in [1.54, 1.807) is 7.11 Å². The predicted octanol–water partition coefficient (Wildman–Crippen LogP) is 5.02. The lowest BCUT2D eigenvalue weighted by atomic mass is 10.1. The van der Waals surface area contributed by atoms with Gasteiger partial charge in [-0.25, -0.2) is 4.98 Å². The zero-order chi connectivity index (χ0) is 20.1. The number of nitrogens with zero attached hydrogens (tertiary/aromatic N) is 1. The molecule has 0 aliphatic rings. The van der Waals surface area contributed by atoms with E-state index in [-0.39, 0.29) is 11.9 Å². The maximum Gasteiger partial charge on any atom is 0.263 e. The van der Waals surface area contributed by atoms with E-state index >= 15 is 0 Å². The van der Waals surface area contributed by atoms with E-state index < -0.39 is 0 Å². The van der Waals surface area contributed by atoms with Crippen LogP contribution in [0.4, 0.5) is 0 Å². The molecule has 1 heterocycles. The summed E-state index contributed by atoms with van der Waals surface area (Å²) in [5.74, 6) is 1.50. The SMILES string of the molecule is CCOc1ccc(C(C)NC(=O)c2sc(-c3ccc(OC)cc3)nc2C)cc1. The molecule has 0 fully saturated rings. The third kappa shape index (κ3) is 4.51. The minimum Gasteiger partial charge on any atom is -0.497 e. The van der Waals surface area contributed by atoms with Gasteiger partial charge < -0.3 is 14.8 Å². The van der Waals surface area contributed by atoms with Crippen molar-refractivity contribution >= 4 is 17.2 Å². The number of benzene rings is 2. The van der Waals surface area contributed by atoms with Gasteiger partial charge in [0.25, 0.3) is 5.91 Å². The summed E-state index contributed by atoms with van der Waals surface area (Å²) in [4.78, 5) is 18.0. The first kappa shape index (κ1) is 19.9. The van der Waals surface area contributed by atoms with Gasteiger partial charge in [-0.05, 0) is 62.7 Å². The van der Waals surface area contributed by atoms with Crippen molar-refractivity contribution in [3.63, 3.8) is 0 Å². The molecule has 5 nitrogen and oxygen atoms in total. The van der Waals surface area contributed by atoms with Crippen LogP contribution in [0.15, 0.2) is 48.5 Å². The Bertz CT molecular complexity index is 933. The fraction of sp³-hybridized carbons (Fsp3) is 0.273. The average Bonchev–Trinajstić information content (AvgIpc) is 3.10. The summed E-state index contributed by atoms with van der Waals surface area (Å²) in [5, 5.41) is 3.88. The Balaban J connectivity index is 1.72. The Morgan fingerprint density at radius 1 is 1.11 bits per heavy atom. The molecule has 2 aromatic carbocycles. The number of amides is 1. The number of aryl methyl sites for hydroxylation is 1. The van der Waals surface area contributed by atoms with Gasteiger partial charge >= 0.3 is 0 Å². The minimum absolute atomic E-state index is 0.115. The number of hydrogen-bond donors (Lipinski definition) is 1. The zero-order valence-electron chi connectivity index (χ0n) is 16.5. The Hall–Kier alpha value is -2.86. The maximum atomic E-state index is 12.8. The first-order valence-corrected chi connectivity index (χ1v) is 9.99. The Morgan fingerprint density at radius 2 is 1.75 bits per heavy atom. The first-order valence-electron chi connectivity index (χ1n) is 9.17. The summed E-state index contributed by atoms with van der Waals surface area (Å²) in [6.45, 7) is 6.41. The lowest BCUT2D eigenvalue weighted by molar-refractivity contribution is 0.0943. The molecule has 28 heavy (non-hydrogen) atoms. The van der Waals surface area contributed by atoms with Crippen LogP contribution >= 0.6 is 11.3 Å². The number of thiazole rings is 1. The van der Waals surface area contributed by atoms with Gasteiger partial charge in [-0.2, -0.15) is 0 Å². The van der Waals surface area contributed by atoms with Crippen LogP contribution in [-0.4, -0.2) is 24.6 Å². The highest BCUT2D eigenvalue weighted by Crippen LogP contribution is 2.29. The molecule has 0 aliphatic heterocycles. The van der Waals surface area contributed by atoms with Crippen LogP contribution in [0.1, 0.15) is 40.8 Å². The molecule has 0 bridgehead atoms. The first-order chi connectivity index (χ1) is 13.5. The number of carbonyl (C=O) groups is 1. The standard InChI is InChI=1S/C22H24N2O3S/c1-5-27-19-12-6-16(7-13-19)14(2)23-21(25)20-15(3)24-22(28-20)17-8-10-18(26-4)11-9-17/h6-14H,5H2,1-4H3,(H,23,25). The van der Waals surface area contributed by atoms with Crippen LogP contribution < -0.4 is 14.8 Å². The molecule has 1 atom stereocenters. The molecule has 1 aromatic heterocycles. The van der Waals surface area contributed by atoms with Gasteiger partial charge in [-0.15, -0.1) is 11.3 Å². The van der Waals surface area contributed by atoms with Gasteiger partial charge in [0, 0.05) is 5.56 Å². The van der Waals surface area contributed by atoms with Gasteiger partial charge in [0.2, 0.25) is 0 Å². The fourth-order valence-corrected chi connectivity index (χ4v) is 3.80. The Kier molecular flexibility index (Phi) is 6.31. The monoisotopic (exact) mass is 396 g/mol. The van der Waals surface area contributed by atoms with Crippen LogP contribution in [0, 0.1) is 6.92 Å². The molecular weight excluding hydrogens is 372 g/mol. The van der Waals surface area contributed by atoms with Crippen LogP contribution in [0.3, 0.4) is 0 Å². The van der Waals surface area contributed by atoms with E-state index in [1.807, 2.05) is 69.3 Å². The summed E-state index contributed by atoms with van der Waals surface area (Å²) in [5.41, 5.74) is 2.72. The van der Waals surface area contributed by atoms with Gasteiger partial charge in [-0.3, -0.25) is 4.79 Å². The van der Waals surface area contributed by atoms with Crippen LogP contribution in [0.5, 0.6) is 11.5 Å². The van der Waals surface area contributed by atoms with Crippen molar-refractivity contribution in [2.75, 3.05) is 13.7 Å². The Morgan fingerprint density at radius 3 is 2.36 bits per heavy atom. The van der Waals surface area contributed by atoms with E-state index in [0.717, 1.165) is 33.3 Å². The molecule has 0 saturated carbocycles. The van der Waals surface area contributed by atoms with Gasteiger partial charge in [-0.1, -0.05) is 12.1 Å². The topological polar surface area (TPSA) is 60.5 Å². The second-order valence-electron chi connectivity index (χ2n) is 6.36. The molecule has 0 saturated heterocycles. The molecule has 0 radical (unpaired) electrons. The van der Waals surface area contributed by atoms with Crippen molar-refractivity contribution in [2.24, 2.45) is 0 Å². The summed E-state index contributed by atoms with van der Waals surface area (Å²) < 4.78 is 10.7. The lowest BCUT2D eigenvalue weighted by Gasteiger charge is -2.14. The second-order valence-corrected chi connectivity index (χ2v) is 7.36. The molecule has 146 valence electrons. The molecule has 3 rings (SSSR count).